The van der Waals surface area contributed by atoms with Crippen LogP contribution in [0, 0.1) is 12.7 Å². The molecule has 3 rings (SSSR count). The Hall–Kier alpha value is -2.10. The SMILES string of the molecule is Cc1occc1C(=O)N1CC[C@@H](c2ccccc2F)C1. The molecule has 3 nitrogen and oxygen atoms in total. The van der Waals surface area contributed by atoms with Gasteiger partial charge in [-0.1, -0.05) is 18.2 Å². The lowest BCUT2D eigenvalue weighted by atomic mass is 9.98. The van der Waals surface area contributed by atoms with Gasteiger partial charge in [0.25, 0.3) is 5.91 Å². The average molecular weight is 273 g/mol. The number of carbonyl (C=O) groups is 1. The van der Waals surface area contributed by atoms with Gasteiger partial charge >= 0.3 is 0 Å². The van der Waals surface area contributed by atoms with E-state index in [-0.39, 0.29) is 17.6 Å². The molecule has 1 fully saturated rings. The van der Waals surface area contributed by atoms with E-state index < -0.39 is 0 Å². The van der Waals surface area contributed by atoms with Crippen molar-refractivity contribution in [1.82, 2.24) is 4.90 Å². The smallest absolute Gasteiger partial charge is 0.257 e. The van der Waals surface area contributed by atoms with Crippen molar-refractivity contribution in [1.29, 1.82) is 0 Å². The molecule has 2 aromatic rings. The highest BCUT2D eigenvalue weighted by Gasteiger charge is 2.30. The molecule has 1 aromatic heterocycles. The summed E-state index contributed by atoms with van der Waals surface area (Å²) in [5.41, 5.74) is 1.30. The minimum atomic E-state index is -0.189. The van der Waals surface area contributed by atoms with Gasteiger partial charge in [-0.3, -0.25) is 4.79 Å². The minimum Gasteiger partial charge on any atom is -0.469 e. The van der Waals surface area contributed by atoms with Crippen LogP contribution in [0.1, 0.15) is 34.0 Å². The Morgan fingerprint density at radius 1 is 1.35 bits per heavy atom. The molecule has 0 N–H and O–H groups in total. The monoisotopic (exact) mass is 273 g/mol. The van der Waals surface area contributed by atoms with E-state index in [2.05, 4.69) is 0 Å². The van der Waals surface area contributed by atoms with Crippen LogP contribution in [0.25, 0.3) is 0 Å². The first-order chi connectivity index (χ1) is 9.66. The minimum absolute atomic E-state index is 0.0323. The van der Waals surface area contributed by atoms with Gasteiger partial charge < -0.3 is 9.32 Å². The summed E-state index contributed by atoms with van der Waals surface area (Å²) in [5, 5.41) is 0. The lowest BCUT2D eigenvalue weighted by Crippen LogP contribution is -2.28. The van der Waals surface area contributed by atoms with Gasteiger partial charge in [-0.25, -0.2) is 4.39 Å². The highest BCUT2D eigenvalue weighted by molar-refractivity contribution is 5.95. The lowest BCUT2D eigenvalue weighted by Gasteiger charge is -2.16. The number of furan rings is 1. The van der Waals surface area contributed by atoms with Crippen LogP contribution in [0.2, 0.25) is 0 Å². The van der Waals surface area contributed by atoms with Crippen LogP contribution in [0.5, 0.6) is 0 Å². The van der Waals surface area contributed by atoms with Gasteiger partial charge in [0.2, 0.25) is 0 Å². The first-order valence-corrected chi connectivity index (χ1v) is 6.74. The van der Waals surface area contributed by atoms with Gasteiger partial charge in [-0.15, -0.1) is 0 Å². The second kappa shape index (κ2) is 5.12. The largest absolute Gasteiger partial charge is 0.469 e. The van der Waals surface area contributed by atoms with E-state index in [4.69, 9.17) is 4.42 Å². The van der Waals surface area contributed by atoms with E-state index in [9.17, 15) is 9.18 Å². The standard InChI is InChI=1S/C16H16FNO2/c1-11-13(7-9-20-11)16(19)18-8-6-12(10-18)14-4-2-3-5-15(14)17/h2-5,7,9,12H,6,8,10H2,1H3/t12-/m1/s1. The molecule has 1 atom stereocenters. The van der Waals surface area contributed by atoms with Gasteiger partial charge in [-0.2, -0.15) is 0 Å². The Bertz CT molecular complexity index is 635. The molecule has 0 unspecified atom stereocenters. The van der Waals surface area contributed by atoms with Crippen LogP contribution < -0.4 is 0 Å². The molecule has 1 amide bonds. The first-order valence-electron chi connectivity index (χ1n) is 6.74. The third-order valence-electron chi connectivity index (χ3n) is 3.91. The molecule has 1 aromatic carbocycles. The molecule has 0 aliphatic carbocycles. The zero-order valence-corrected chi connectivity index (χ0v) is 11.3. The van der Waals surface area contributed by atoms with Gasteiger partial charge in [-0.05, 0) is 31.0 Å². The van der Waals surface area contributed by atoms with Crippen molar-refractivity contribution >= 4 is 5.91 Å². The van der Waals surface area contributed by atoms with E-state index in [0.29, 0.717) is 30.0 Å². The summed E-state index contributed by atoms with van der Waals surface area (Å²) in [4.78, 5) is 14.1. The lowest BCUT2D eigenvalue weighted by molar-refractivity contribution is 0.0789. The molecule has 104 valence electrons. The van der Waals surface area contributed by atoms with Crippen LogP contribution in [0.4, 0.5) is 4.39 Å². The van der Waals surface area contributed by atoms with Crippen LogP contribution in [-0.4, -0.2) is 23.9 Å². The van der Waals surface area contributed by atoms with Crippen molar-refractivity contribution in [2.24, 2.45) is 0 Å². The number of carbonyl (C=O) groups excluding carboxylic acids is 1. The molecule has 0 bridgehead atoms. The number of hydrogen-bond acceptors (Lipinski definition) is 2. The number of halogens is 1. The maximum absolute atomic E-state index is 13.8. The maximum atomic E-state index is 13.8. The summed E-state index contributed by atoms with van der Waals surface area (Å²) in [7, 11) is 0. The fourth-order valence-corrected chi connectivity index (χ4v) is 2.78. The second-order valence-electron chi connectivity index (χ2n) is 5.15. The fourth-order valence-electron chi connectivity index (χ4n) is 2.78. The van der Waals surface area contributed by atoms with Crippen molar-refractivity contribution < 1.29 is 13.6 Å². The molecule has 4 heteroatoms. The van der Waals surface area contributed by atoms with Gasteiger partial charge in [0.1, 0.15) is 11.6 Å². The molecular formula is C16H16FNO2. The van der Waals surface area contributed by atoms with Crippen LogP contribution in [0.15, 0.2) is 41.0 Å². The maximum Gasteiger partial charge on any atom is 0.257 e. The summed E-state index contributed by atoms with van der Waals surface area (Å²) in [6, 6.07) is 8.49. The van der Waals surface area contributed by atoms with Gasteiger partial charge in [0, 0.05) is 19.0 Å². The van der Waals surface area contributed by atoms with Crippen molar-refractivity contribution in [3.05, 3.63) is 59.3 Å². The Labute approximate surface area is 117 Å². The average Bonchev–Trinajstić information content (AvgIpc) is 3.07. The van der Waals surface area contributed by atoms with E-state index >= 15 is 0 Å². The third-order valence-corrected chi connectivity index (χ3v) is 3.91. The number of benzene rings is 1. The Kier molecular flexibility index (Phi) is 3.30. The number of likely N-dealkylation sites (tertiary alicyclic amines) is 1. The fraction of sp³-hybridized carbons (Fsp3) is 0.312. The quantitative estimate of drug-likeness (QED) is 0.840. The molecule has 1 aliphatic heterocycles. The molecule has 20 heavy (non-hydrogen) atoms. The number of aryl methyl sites for hydroxylation is 1. The van der Waals surface area contributed by atoms with Crippen molar-refractivity contribution in [3.63, 3.8) is 0 Å². The van der Waals surface area contributed by atoms with Crippen LogP contribution >= 0.6 is 0 Å². The molecule has 1 aliphatic rings. The first kappa shape index (κ1) is 12.9. The van der Waals surface area contributed by atoms with E-state index in [1.165, 1.54) is 12.3 Å². The molecular weight excluding hydrogens is 257 g/mol. The highest BCUT2D eigenvalue weighted by Crippen LogP contribution is 2.30. The molecule has 0 spiro atoms. The summed E-state index contributed by atoms with van der Waals surface area (Å²) >= 11 is 0. The number of nitrogens with zero attached hydrogens (tertiary/aromatic N) is 1. The van der Waals surface area contributed by atoms with E-state index in [1.54, 1.807) is 30.0 Å². The zero-order valence-electron chi connectivity index (χ0n) is 11.3. The topological polar surface area (TPSA) is 33.5 Å². The predicted octanol–water partition coefficient (Wildman–Crippen LogP) is 3.36. The van der Waals surface area contributed by atoms with Crippen molar-refractivity contribution in [2.45, 2.75) is 19.3 Å². The van der Waals surface area contributed by atoms with E-state index in [0.717, 1.165) is 6.42 Å². The van der Waals surface area contributed by atoms with E-state index in [1.807, 2.05) is 6.07 Å². The molecule has 0 radical (unpaired) electrons. The summed E-state index contributed by atoms with van der Waals surface area (Å²) in [5.74, 6) is 0.484. The van der Waals surface area contributed by atoms with Crippen LogP contribution in [0.3, 0.4) is 0 Å². The Balaban J connectivity index is 1.76. The van der Waals surface area contributed by atoms with Crippen LogP contribution in [-0.2, 0) is 0 Å². The summed E-state index contributed by atoms with van der Waals surface area (Å²) in [6.07, 6.45) is 2.32. The third kappa shape index (κ3) is 2.22. The Morgan fingerprint density at radius 2 is 2.15 bits per heavy atom. The van der Waals surface area contributed by atoms with Gasteiger partial charge in [0.05, 0.1) is 11.8 Å². The molecule has 2 heterocycles. The zero-order chi connectivity index (χ0) is 14.1. The van der Waals surface area contributed by atoms with Gasteiger partial charge in [0.15, 0.2) is 0 Å². The second-order valence-corrected chi connectivity index (χ2v) is 5.15. The predicted molar refractivity (Wildman–Crippen MR) is 73.1 cm³/mol. The van der Waals surface area contributed by atoms with Crippen molar-refractivity contribution in [2.75, 3.05) is 13.1 Å². The summed E-state index contributed by atoms with van der Waals surface area (Å²) < 4.78 is 19.0. The molecule has 0 saturated carbocycles. The number of hydrogen-bond donors (Lipinski definition) is 0. The number of rotatable bonds is 2. The number of amides is 1. The Morgan fingerprint density at radius 3 is 2.85 bits per heavy atom. The normalized spacial score (nSPS) is 18.5. The van der Waals surface area contributed by atoms with Crippen molar-refractivity contribution in [3.8, 4) is 0 Å². The highest BCUT2D eigenvalue weighted by atomic mass is 19.1. The molecule has 1 saturated heterocycles. The summed E-state index contributed by atoms with van der Waals surface area (Å²) in [6.45, 7) is 2.99.